The van der Waals surface area contributed by atoms with Gasteiger partial charge >= 0.3 is 5.69 Å². The third kappa shape index (κ3) is 5.47. The Kier molecular flexibility index (Phi) is 7.23. The van der Waals surface area contributed by atoms with Crippen molar-refractivity contribution in [3.8, 4) is 0 Å². The minimum absolute atomic E-state index is 0.108. The summed E-state index contributed by atoms with van der Waals surface area (Å²) < 4.78 is 17.5. The van der Waals surface area contributed by atoms with E-state index in [4.69, 9.17) is 4.74 Å². The largest absolute Gasteiger partial charge is 0.390 e. The van der Waals surface area contributed by atoms with Gasteiger partial charge in [-0.2, -0.15) is 0 Å². The summed E-state index contributed by atoms with van der Waals surface area (Å²) in [5, 5.41) is 12.6. The van der Waals surface area contributed by atoms with Crippen LogP contribution in [0.2, 0.25) is 0 Å². The van der Waals surface area contributed by atoms with Crippen LogP contribution >= 0.6 is 8.46 Å². The number of carbonyl (C=O) groups excluding carboxylic acids is 1. The summed E-state index contributed by atoms with van der Waals surface area (Å²) in [5.41, 5.74) is -0.399. The van der Waals surface area contributed by atoms with Gasteiger partial charge in [-0.25, -0.2) is 9.78 Å². The Bertz CT molecular complexity index is 1060. The maximum atomic E-state index is 12.1. The SMILES string of the molecule is O=PCC1OC(n2cc(/C=C/CNC(=O)/C=C/c3cnc[nH]3)c(=O)[nH]c2=O)CC1O. The maximum Gasteiger partial charge on any atom is 0.330 e. The van der Waals surface area contributed by atoms with E-state index < -0.39 is 29.7 Å². The van der Waals surface area contributed by atoms with Crippen molar-refractivity contribution in [1.29, 1.82) is 0 Å². The van der Waals surface area contributed by atoms with E-state index in [1.54, 1.807) is 18.3 Å². The highest BCUT2D eigenvalue weighted by molar-refractivity contribution is 7.23. The third-order valence-corrected chi connectivity index (χ3v) is 4.90. The smallest absolute Gasteiger partial charge is 0.330 e. The highest BCUT2D eigenvalue weighted by Crippen LogP contribution is 2.29. The third-order valence-electron chi connectivity index (χ3n) is 4.39. The first kappa shape index (κ1) is 21.6. The molecular weight excluding hydrogens is 413 g/mol. The molecular formula is C18H20N5O6P. The number of amides is 1. The number of ether oxygens (including phenoxy) is 1. The lowest BCUT2D eigenvalue weighted by Gasteiger charge is -2.14. The Balaban J connectivity index is 1.63. The minimum Gasteiger partial charge on any atom is -0.390 e. The van der Waals surface area contributed by atoms with E-state index in [1.807, 2.05) is 0 Å². The molecule has 1 saturated heterocycles. The van der Waals surface area contributed by atoms with Crippen LogP contribution in [0.4, 0.5) is 0 Å². The van der Waals surface area contributed by atoms with Crippen LogP contribution in [0.5, 0.6) is 0 Å². The van der Waals surface area contributed by atoms with Crippen LogP contribution in [0.3, 0.4) is 0 Å². The van der Waals surface area contributed by atoms with E-state index in [0.717, 1.165) is 0 Å². The van der Waals surface area contributed by atoms with E-state index >= 15 is 0 Å². The number of imidazole rings is 1. The monoisotopic (exact) mass is 433 g/mol. The molecule has 3 unspecified atom stereocenters. The van der Waals surface area contributed by atoms with Crippen molar-refractivity contribution in [3.05, 3.63) is 63.0 Å². The number of nitrogens with zero attached hydrogens (tertiary/aromatic N) is 2. The fourth-order valence-corrected chi connectivity index (χ4v) is 3.36. The van der Waals surface area contributed by atoms with Crippen molar-refractivity contribution >= 4 is 26.5 Å². The van der Waals surface area contributed by atoms with Crippen molar-refractivity contribution in [2.24, 2.45) is 0 Å². The summed E-state index contributed by atoms with van der Waals surface area (Å²) >= 11 is 0. The predicted molar refractivity (Wildman–Crippen MR) is 108 cm³/mol. The molecule has 0 bridgehead atoms. The Morgan fingerprint density at radius 3 is 3.00 bits per heavy atom. The number of H-pyrrole nitrogens is 2. The average Bonchev–Trinajstić information content (AvgIpc) is 3.35. The van der Waals surface area contributed by atoms with E-state index in [1.165, 1.54) is 29.2 Å². The van der Waals surface area contributed by atoms with Gasteiger partial charge in [-0.3, -0.25) is 23.7 Å². The Hall–Kier alpha value is -3.14. The number of hydrogen-bond donors (Lipinski definition) is 4. The van der Waals surface area contributed by atoms with E-state index in [-0.39, 0.29) is 39.1 Å². The van der Waals surface area contributed by atoms with Gasteiger partial charge in [0.15, 0.2) is 8.46 Å². The summed E-state index contributed by atoms with van der Waals surface area (Å²) in [5.74, 6) is -0.329. The second-order valence-electron chi connectivity index (χ2n) is 6.48. The lowest BCUT2D eigenvalue weighted by molar-refractivity contribution is -0.116. The van der Waals surface area contributed by atoms with Gasteiger partial charge in [-0.05, 0) is 6.08 Å². The molecule has 4 N–H and O–H groups in total. The number of carbonyl (C=O) groups is 1. The molecule has 3 atom stereocenters. The highest BCUT2D eigenvalue weighted by atomic mass is 31.1. The van der Waals surface area contributed by atoms with Crippen LogP contribution in [-0.2, 0) is 14.1 Å². The molecule has 0 aliphatic carbocycles. The lowest BCUT2D eigenvalue weighted by Crippen LogP contribution is -2.33. The van der Waals surface area contributed by atoms with Gasteiger partial charge in [0.25, 0.3) is 5.56 Å². The predicted octanol–water partition coefficient (Wildman–Crippen LogP) is 0.0426. The zero-order valence-corrected chi connectivity index (χ0v) is 16.6. The Morgan fingerprint density at radius 1 is 1.43 bits per heavy atom. The summed E-state index contributed by atoms with van der Waals surface area (Å²) in [7, 11) is -0.167. The quantitative estimate of drug-likeness (QED) is 0.338. The second-order valence-corrected chi connectivity index (χ2v) is 7.11. The van der Waals surface area contributed by atoms with Gasteiger partial charge in [0.1, 0.15) is 6.23 Å². The van der Waals surface area contributed by atoms with Crippen molar-refractivity contribution < 1.29 is 19.2 Å². The minimum atomic E-state index is -0.862. The van der Waals surface area contributed by atoms with Gasteiger partial charge < -0.3 is 20.1 Å². The first-order chi connectivity index (χ1) is 14.5. The molecule has 1 aliphatic heterocycles. The molecule has 158 valence electrons. The standard InChI is InChI=1S/C18H20N5O6P/c24-13-6-16(29-14(13)9-30-28)23-8-11(17(26)22-18(23)27)2-1-5-20-15(25)4-3-12-7-19-10-21-12/h1-4,7-8,10,13-14,16,24H,5-6,9H2,(H,19,21)(H,20,25)(H,22,26,27)/b2-1+,4-3+. The number of aliphatic hydroxyl groups is 1. The molecule has 3 rings (SSSR count). The summed E-state index contributed by atoms with van der Waals surface area (Å²) in [6.45, 7) is 0.161. The summed E-state index contributed by atoms with van der Waals surface area (Å²) in [6.07, 6.45) is 8.28. The van der Waals surface area contributed by atoms with Gasteiger partial charge in [-0.15, -0.1) is 0 Å². The zero-order chi connectivity index (χ0) is 21.5. The van der Waals surface area contributed by atoms with Gasteiger partial charge in [-0.1, -0.05) is 12.2 Å². The van der Waals surface area contributed by atoms with Crippen molar-refractivity contribution in [1.82, 2.24) is 24.8 Å². The van der Waals surface area contributed by atoms with Crippen LogP contribution in [0.25, 0.3) is 12.2 Å². The molecule has 2 aromatic rings. The van der Waals surface area contributed by atoms with Gasteiger partial charge in [0.2, 0.25) is 5.91 Å². The lowest BCUT2D eigenvalue weighted by atomic mass is 10.2. The van der Waals surface area contributed by atoms with Crippen LogP contribution < -0.4 is 16.6 Å². The summed E-state index contributed by atoms with van der Waals surface area (Å²) in [4.78, 5) is 44.8. The molecule has 1 fully saturated rings. The molecule has 1 aliphatic rings. The summed E-state index contributed by atoms with van der Waals surface area (Å²) in [6, 6.07) is 0. The molecule has 0 saturated carbocycles. The average molecular weight is 433 g/mol. The van der Waals surface area contributed by atoms with Crippen LogP contribution in [0.1, 0.15) is 23.9 Å². The molecule has 0 spiro atoms. The fourth-order valence-electron chi connectivity index (χ4n) is 2.88. The van der Waals surface area contributed by atoms with Crippen LogP contribution in [-0.4, -0.2) is 55.4 Å². The van der Waals surface area contributed by atoms with Crippen molar-refractivity contribution in [3.63, 3.8) is 0 Å². The Labute approximate surface area is 171 Å². The maximum absolute atomic E-state index is 12.1. The van der Waals surface area contributed by atoms with Gasteiger partial charge in [0.05, 0.1) is 42.2 Å². The van der Waals surface area contributed by atoms with Crippen molar-refractivity contribution in [2.75, 3.05) is 12.7 Å². The van der Waals surface area contributed by atoms with Gasteiger partial charge in [0, 0.05) is 25.2 Å². The molecule has 0 radical (unpaired) electrons. The number of aromatic nitrogens is 4. The van der Waals surface area contributed by atoms with E-state index in [2.05, 4.69) is 20.3 Å². The highest BCUT2D eigenvalue weighted by Gasteiger charge is 2.35. The zero-order valence-electron chi connectivity index (χ0n) is 15.7. The first-order valence-corrected chi connectivity index (χ1v) is 10.1. The van der Waals surface area contributed by atoms with Crippen LogP contribution in [0, 0.1) is 0 Å². The molecule has 12 heteroatoms. The molecule has 0 aromatic carbocycles. The fraction of sp³-hybridized carbons (Fsp3) is 0.333. The number of rotatable bonds is 8. The normalized spacial score (nSPS) is 21.7. The second kappa shape index (κ2) is 10.1. The topological polar surface area (TPSA) is 159 Å². The molecule has 30 heavy (non-hydrogen) atoms. The number of aliphatic hydroxyl groups excluding tert-OH is 1. The molecule has 1 amide bonds. The number of hydrogen-bond acceptors (Lipinski definition) is 7. The van der Waals surface area contributed by atoms with E-state index in [9.17, 15) is 24.1 Å². The first-order valence-electron chi connectivity index (χ1n) is 9.07. The molecule has 11 nitrogen and oxygen atoms in total. The van der Waals surface area contributed by atoms with Crippen molar-refractivity contribution in [2.45, 2.75) is 24.9 Å². The molecule has 2 aromatic heterocycles. The van der Waals surface area contributed by atoms with Crippen LogP contribution in [0.15, 0.2) is 40.5 Å². The van der Waals surface area contributed by atoms with E-state index in [0.29, 0.717) is 5.69 Å². The number of aromatic amines is 2. The Morgan fingerprint density at radius 2 is 2.27 bits per heavy atom. The number of nitrogens with one attached hydrogen (secondary N) is 3. The molecule has 3 heterocycles.